The zero-order valence-corrected chi connectivity index (χ0v) is 16.2. The Bertz CT molecular complexity index is 860. The van der Waals surface area contributed by atoms with Crippen LogP contribution < -0.4 is 10.1 Å². The molecule has 0 spiro atoms. The molecule has 2 aromatic rings. The van der Waals surface area contributed by atoms with Gasteiger partial charge in [-0.2, -0.15) is 11.3 Å². The molecule has 1 aromatic heterocycles. The Balaban J connectivity index is 1.61. The number of rotatable bonds is 6. The molecule has 0 aliphatic carbocycles. The number of benzene rings is 1. The van der Waals surface area contributed by atoms with Gasteiger partial charge in [-0.15, -0.1) is 0 Å². The third-order valence-electron chi connectivity index (χ3n) is 4.60. The number of nitrogens with zero attached hydrogens (tertiary/aromatic N) is 2. The van der Waals surface area contributed by atoms with Gasteiger partial charge in [-0.05, 0) is 43.3 Å². The number of likely N-dealkylation sites (tertiary alicyclic amines) is 1. The monoisotopic (exact) mass is 403 g/mol. The SMILES string of the molecule is CCOc1ccc(C(=O)N2CCC(NC(=O)c3ccsc3)CC2)cc1[N+](=O)[O-]. The minimum absolute atomic E-state index is 0.00566. The highest BCUT2D eigenvalue weighted by Gasteiger charge is 2.27. The van der Waals surface area contributed by atoms with Crippen molar-refractivity contribution in [2.45, 2.75) is 25.8 Å². The predicted octanol–water partition coefficient (Wildman–Crippen LogP) is 3.09. The molecule has 9 heteroatoms. The fourth-order valence-electron chi connectivity index (χ4n) is 3.14. The van der Waals surface area contributed by atoms with Gasteiger partial charge in [-0.25, -0.2) is 0 Å². The summed E-state index contributed by atoms with van der Waals surface area (Å²) in [6.45, 7) is 3.01. The van der Waals surface area contributed by atoms with Crippen molar-refractivity contribution >= 4 is 28.8 Å². The van der Waals surface area contributed by atoms with Crippen LogP contribution in [0.4, 0.5) is 5.69 Å². The van der Waals surface area contributed by atoms with Crippen LogP contribution in [0.25, 0.3) is 0 Å². The Labute approximate surface area is 166 Å². The average molecular weight is 403 g/mol. The van der Waals surface area contributed by atoms with E-state index in [4.69, 9.17) is 4.74 Å². The molecule has 1 fully saturated rings. The number of nitrogens with one attached hydrogen (secondary N) is 1. The summed E-state index contributed by atoms with van der Waals surface area (Å²) in [5.41, 5.74) is 0.687. The van der Waals surface area contributed by atoms with Crippen molar-refractivity contribution in [1.82, 2.24) is 10.2 Å². The van der Waals surface area contributed by atoms with E-state index in [-0.39, 0.29) is 34.9 Å². The van der Waals surface area contributed by atoms with Crippen LogP contribution >= 0.6 is 11.3 Å². The Morgan fingerprint density at radius 3 is 2.64 bits per heavy atom. The van der Waals surface area contributed by atoms with E-state index in [0.29, 0.717) is 38.1 Å². The highest BCUT2D eigenvalue weighted by atomic mass is 32.1. The number of hydrogen-bond acceptors (Lipinski definition) is 6. The van der Waals surface area contributed by atoms with Gasteiger partial charge in [0.05, 0.1) is 11.5 Å². The summed E-state index contributed by atoms with van der Waals surface area (Å²) >= 11 is 1.47. The topological polar surface area (TPSA) is 102 Å². The molecule has 2 heterocycles. The van der Waals surface area contributed by atoms with Gasteiger partial charge >= 0.3 is 5.69 Å². The largest absolute Gasteiger partial charge is 0.487 e. The van der Waals surface area contributed by atoms with E-state index >= 15 is 0 Å². The summed E-state index contributed by atoms with van der Waals surface area (Å²) in [6.07, 6.45) is 1.28. The smallest absolute Gasteiger partial charge is 0.311 e. The van der Waals surface area contributed by atoms with E-state index in [1.165, 1.54) is 23.5 Å². The van der Waals surface area contributed by atoms with Gasteiger partial charge < -0.3 is 15.0 Å². The molecular weight excluding hydrogens is 382 g/mol. The first-order valence-corrected chi connectivity index (χ1v) is 9.97. The third kappa shape index (κ3) is 4.48. The van der Waals surface area contributed by atoms with E-state index in [0.717, 1.165) is 0 Å². The maximum absolute atomic E-state index is 12.7. The molecule has 1 N–H and O–H groups in total. The summed E-state index contributed by atoms with van der Waals surface area (Å²) in [5, 5.41) is 17.9. The molecular formula is C19H21N3O5S. The lowest BCUT2D eigenvalue weighted by atomic mass is 10.0. The van der Waals surface area contributed by atoms with Crippen LogP contribution in [0.15, 0.2) is 35.0 Å². The summed E-state index contributed by atoms with van der Waals surface area (Å²) in [6, 6.07) is 6.05. The quantitative estimate of drug-likeness (QED) is 0.590. The molecule has 0 unspecified atom stereocenters. The maximum atomic E-state index is 12.7. The molecule has 0 saturated carbocycles. The van der Waals surface area contributed by atoms with Gasteiger partial charge in [0.15, 0.2) is 5.75 Å². The first-order chi connectivity index (χ1) is 13.5. The van der Waals surface area contributed by atoms with Crippen LogP contribution in [-0.2, 0) is 0 Å². The third-order valence-corrected chi connectivity index (χ3v) is 5.29. The average Bonchev–Trinajstić information content (AvgIpc) is 3.23. The summed E-state index contributed by atoms with van der Waals surface area (Å²) in [7, 11) is 0. The fraction of sp³-hybridized carbons (Fsp3) is 0.368. The molecule has 0 radical (unpaired) electrons. The molecule has 148 valence electrons. The van der Waals surface area contributed by atoms with Gasteiger partial charge in [0.2, 0.25) is 0 Å². The van der Waals surface area contributed by atoms with E-state index < -0.39 is 4.92 Å². The van der Waals surface area contributed by atoms with Crippen molar-refractivity contribution in [1.29, 1.82) is 0 Å². The minimum atomic E-state index is -0.548. The maximum Gasteiger partial charge on any atom is 0.311 e. The number of nitro groups is 1. The zero-order chi connectivity index (χ0) is 20.1. The lowest BCUT2D eigenvalue weighted by Gasteiger charge is -2.32. The van der Waals surface area contributed by atoms with Crippen LogP contribution in [0.3, 0.4) is 0 Å². The number of thiophene rings is 1. The van der Waals surface area contributed by atoms with Crippen molar-refractivity contribution in [3.05, 3.63) is 56.3 Å². The molecule has 2 amide bonds. The molecule has 1 aromatic carbocycles. The summed E-state index contributed by atoms with van der Waals surface area (Å²) < 4.78 is 5.25. The van der Waals surface area contributed by atoms with Gasteiger partial charge in [0.1, 0.15) is 0 Å². The van der Waals surface area contributed by atoms with Crippen molar-refractivity contribution in [3.8, 4) is 5.75 Å². The molecule has 28 heavy (non-hydrogen) atoms. The van der Waals surface area contributed by atoms with E-state index in [1.807, 2.05) is 5.38 Å². The van der Waals surface area contributed by atoms with Crippen molar-refractivity contribution in [3.63, 3.8) is 0 Å². The van der Waals surface area contributed by atoms with Crippen molar-refractivity contribution in [2.75, 3.05) is 19.7 Å². The second-order valence-corrected chi connectivity index (χ2v) is 7.20. The predicted molar refractivity (Wildman–Crippen MR) is 105 cm³/mol. The number of carbonyl (C=O) groups excluding carboxylic acids is 2. The fourth-order valence-corrected chi connectivity index (χ4v) is 3.78. The molecule has 1 aliphatic heterocycles. The zero-order valence-electron chi connectivity index (χ0n) is 15.4. The van der Waals surface area contributed by atoms with Crippen LogP contribution in [0.5, 0.6) is 5.75 Å². The van der Waals surface area contributed by atoms with Crippen molar-refractivity contribution in [2.24, 2.45) is 0 Å². The minimum Gasteiger partial charge on any atom is -0.487 e. The standard InChI is InChI=1S/C19H21N3O5S/c1-2-27-17-4-3-13(11-16(17)22(25)26)19(24)21-8-5-15(6-9-21)20-18(23)14-7-10-28-12-14/h3-4,7,10-12,15H,2,5-6,8-9H2,1H3,(H,20,23). The Morgan fingerprint density at radius 2 is 2.04 bits per heavy atom. The van der Waals surface area contributed by atoms with Crippen LogP contribution in [0, 0.1) is 10.1 Å². The van der Waals surface area contributed by atoms with E-state index in [9.17, 15) is 19.7 Å². The summed E-state index contributed by atoms with van der Waals surface area (Å²) in [4.78, 5) is 37.2. The molecule has 1 saturated heterocycles. The first kappa shape index (κ1) is 19.8. The molecule has 1 aliphatic rings. The Morgan fingerprint density at radius 1 is 1.29 bits per heavy atom. The number of amides is 2. The lowest BCUT2D eigenvalue weighted by molar-refractivity contribution is -0.385. The van der Waals surface area contributed by atoms with Gasteiger partial charge in [0.25, 0.3) is 11.8 Å². The highest BCUT2D eigenvalue weighted by molar-refractivity contribution is 7.08. The Hall–Kier alpha value is -2.94. The molecule has 3 rings (SSSR count). The molecule has 0 atom stereocenters. The van der Waals surface area contributed by atoms with E-state index in [1.54, 1.807) is 29.3 Å². The highest BCUT2D eigenvalue weighted by Crippen LogP contribution is 2.29. The number of ether oxygens (including phenoxy) is 1. The molecule has 8 nitrogen and oxygen atoms in total. The number of hydrogen-bond donors (Lipinski definition) is 1. The number of piperidine rings is 1. The van der Waals surface area contributed by atoms with Crippen LogP contribution in [0.2, 0.25) is 0 Å². The van der Waals surface area contributed by atoms with Crippen LogP contribution in [-0.4, -0.2) is 47.4 Å². The lowest BCUT2D eigenvalue weighted by Crippen LogP contribution is -2.46. The molecule has 0 bridgehead atoms. The number of nitro benzene ring substituents is 1. The van der Waals surface area contributed by atoms with Crippen LogP contribution in [0.1, 0.15) is 40.5 Å². The second kappa shape index (κ2) is 8.83. The van der Waals surface area contributed by atoms with E-state index in [2.05, 4.69) is 5.32 Å². The number of carbonyl (C=O) groups is 2. The summed E-state index contributed by atoms with van der Waals surface area (Å²) in [5.74, 6) is -0.208. The normalized spacial score (nSPS) is 14.5. The van der Waals surface area contributed by atoms with Gasteiger partial charge in [-0.3, -0.25) is 19.7 Å². The van der Waals surface area contributed by atoms with Gasteiger partial charge in [0, 0.05) is 41.7 Å². The first-order valence-electron chi connectivity index (χ1n) is 9.03. The Kier molecular flexibility index (Phi) is 6.25. The van der Waals surface area contributed by atoms with Gasteiger partial charge in [-0.1, -0.05) is 0 Å². The second-order valence-electron chi connectivity index (χ2n) is 6.42. The van der Waals surface area contributed by atoms with Crippen molar-refractivity contribution < 1.29 is 19.2 Å².